The Morgan fingerprint density at radius 3 is 2.85 bits per heavy atom. The maximum atomic E-state index is 11.8. The second-order valence-corrected chi connectivity index (χ2v) is 5.62. The Bertz CT molecular complexity index is 287. The van der Waals surface area contributed by atoms with Crippen molar-refractivity contribution in [1.29, 1.82) is 0 Å². The summed E-state index contributed by atoms with van der Waals surface area (Å²) in [4.78, 5) is 16.2. The minimum Gasteiger partial charge on any atom is -0.392 e. The molecule has 118 valence electrons. The first-order chi connectivity index (χ1) is 9.52. The third kappa shape index (κ3) is 6.65. The van der Waals surface area contributed by atoms with E-state index in [1.54, 1.807) is 7.11 Å². The summed E-state index contributed by atoms with van der Waals surface area (Å²) in [5.41, 5.74) is 0. The number of piperazine rings is 1. The zero-order chi connectivity index (χ0) is 15.0. The molecule has 2 atom stereocenters. The molecule has 0 spiro atoms. The molecule has 0 radical (unpaired) electrons. The summed E-state index contributed by atoms with van der Waals surface area (Å²) >= 11 is 0. The van der Waals surface area contributed by atoms with E-state index in [1.165, 1.54) is 0 Å². The molecule has 6 heteroatoms. The molecule has 1 heterocycles. The highest BCUT2D eigenvalue weighted by molar-refractivity contribution is 5.77. The Balaban J connectivity index is 2.21. The smallest absolute Gasteiger partial charge is 0.234 e. The lowest BCUT2D eigenvalue weighted by Crippen LogP contribution is -2.55. The summed E-state index contributed by atoms with van der Waals surface area (Å²) in [7, 11) is 1.66. The van der Waals surface area contributed by atoms with Gasteiger partial charge in [0.1, 0.15) is 0 Å². The van der Waals surface area contributed by atoms with E-state index in [2.05, 4.69) is 22.0 Å². The summed E-state index contributed by atoms with van der Waals surface area (Å²) in [6, 6.07) is 0.375. The van der Waals surface area contributed by atoms with E-state index in [0.29, 0.717) is 32.3 Å². The van der Waals surface area contributed by atoms with Crippen LogP contribution in [-0.2, 0) is 9.53 Å². The van der Waals surface area contributed by atoms with Crippen LogP contribution in [0.3, 0.4) is 0 Å². The van der Waals surface area contributed by atoms with Gasteiger partial charge in [0.05, 0.1) is 12.6 Å². The highest BCUT2D eigenvalue weighted by atomic mass is 16.5. The van der Waals surface area contributed by atoms with Gasteiger partial charge in [0, 0.05) is 52.5 Å². The average molecular weight is 287 g/mol. The minimum absolute atomic E-state index is 0.0808. The fraction of sp³-hybridized carbons (Fsp3) is 0.929. The number of amides is 1. The van der Waals surface area contributed by atoms with Crippen molar-refractivity contribution in [1.82, 2.24) is 15.1 Å². The molecule has 0 saturated carbocycles. The number of rotatable bonds is 8. The summed E-state index contributed by atoms with van der Waals surface area (Å²) < 4.78 is 4.94. The Morgan fingerprint density at radius 2 is 2.25 bits per heavy atom. The van der Waals surface area contributed by atoms with Gasteiger partial charge < -0.3 is 15.2 Å². The van der Waals surface area contributed by atoms with Gasteiger partial charge in [-0.25, -0.2) is 0 Å². The monoisotopic (exact) mass is 287 g/mol. The molecule has 0 aromatic heterocycles. The zero-order valence-corrected chi connectivity index (χ0v) is 13.0. The maximum Gasteiger partial charge on any atom is 0.234 e. The largest absolute Gasteiger partial charge is 0.392 e. The topological polar surface area (TPSA) is 65.0 Å². The average Bonchev–Trinajstić information content (AvgIpc) is 2.37. The molecule has 6 nitrogen and oxygen atoms in total. The van der Waals surface area contributed by atoms with Crippen LogP contribution in [0.2, 0.25) is 0 Å². The van der Waals surface area contributed by atoms with Crippen molar-refractivity contribution in [2.45, 2.75) is 32.4 Å². The number of aliphatic hydroxyl groups excluding tert-OH is 1. The van der Waals surface area contributed by atoms with Crippen molar-refractivity contribution < 1.29 is 14.6 Å². The number of ether oxygens (including phenoxy) is 1. The third-order valence-corrected chi connectivity index (χ3v) is 3.56. The summed E-state index contributed by atoms with van der Waals surface area (Å²) in [5, 5.41) is 12.4. The first kappa shape index (κ1) is 17.4. The minimum atomic E-state index is -0.298. The molecule has 1 aliphatic rings. The Kier molecular flexibility index (Phi) is 8.06. The lowest BCUT2D eigenvalue weighted by Gasteiger charge is -2.40. The van der Waals surface area contributed by atoms with E-state index >= 15 is 0 Å². The van der Waals surface area contributed by atoms with Gasteiger partial charge >= 0.3 is 0 Å². The molecule has 0 bridgehead atoms. The molecular weight excluding hydrogens is 258 g/mol. The van der Waals surface area contributed by atoms with Gasteiger partial charge in [0.2, 0.25) is 5.91 Å². The molecule has 0 unspecified atom stereocenters. The molecule has 1 amide bonds. The number of nitrogens with zero attached hydrogens (tertiary/aromatic N) is 2. The van der Waals surface area contributed by atoms with Gasteiger partial charge in [0.25, 0.3) is 0 Å². The highest BCUT2D eigenvalue weighted by Gasteiger charge is 2.25. The van der Waals surface area contributed by atoms with Crippen LogP contribution in [0.25, 0.3) is 0 Å². The number of nitrogens with one attached hydrogen (secondary N) is 1. The Hall–Kier alpha value is -0.690. The molecule has 0 aromatic carbocycles. The predicted octanol–water partition coefficient (Wildman–Crippen LogP) is -0.474. The zero-order valence-electron chi connectivity index (χ0n) is 13.0. The maximum absolute atomic E-state index is 11.8. The van der Waals surface area contributed by atoms with Crippen molar-refractivity contribution in [2.24, 2.45) is 0 Å². The van der Waals surface area contributed by atoms with Crippen LogP contribution in [0.1, 0.15) is 20.3 Å². The van der Waals surface area contributed by atoms with Crippen LogP contribution in [0.5, 0.6) is 0 Å². The predicted molar refractivity (Wildman–Crippen MR) is 78.7 cm³/mol. The molecular formula is C14H29N3O3. The van der Waals surface area contributed by atoms with Crippen LogP contribution in [-0.4, -0.2) is 85.9 Å². The van der Waals surface area contributed by atoms with Crippen LogP contribution < -0.4 is 5.32 Å². The first-order valence-electron chi connectivity index (χ1n) is 7.43. The molecule has 1 saturated heterocycles. The van der Waals surface area contributed by atoms with Gasteiger partial charge in [-0.05, 0) is 20.3 Å². The molecule has 0 aliphatic carbocycles. The quantitative estimate of drug-likeness (QED) is 0.591. The van der Waals surface area contributed by atoms with Gasteiger partial charge in [-0.3, -0.25) is 14.6 Å². The lowest BCUT2D eigenvalue weighted by molar-refractivity contribution is -0.123. The standard InChI is InChI=1S/C14H29N3O3/c1-12-9-16(6-7-17(12)10-13(2)18)11-14(19)15-5-4-8-20-3/h12-13,18H,4-11H2,1-3H3,(H,15,19)/t12-,13+/m1/s1. The molecule has 1 aliphatic heterocycles. The van der Waals surface area contributed by atoms with Crippen molar-refractivity contribution in [3.8, 4) is 0 Å². The van der Waals surface area contributed by atoms with Crippen molar-refractivity contribution >= 4 is 5.91 Å². The van der Waals surface area contributed by atoms with E-state index in [4.69, 9.17) is 4.74 Å². The SMILES string of the molecule is COCCCNC(=O)CN1CCN(C[C@H](C)O)[C@H](C)C1. The van der Waals surface area contributed by atoms with Gasteiger partial charge in [0.15, 0.2) is 0 Å². The van der Waals surface area contributed by atoms with Crippen LogP contribution in [0.15, 0.2) is 0 Å². The number of methoxy groups -OCH3 is 1. The summed E-state index contributed by atoms with van der Waals surface area (Å²) in [5.74, 6) is 0.0808. The number of aliphatic hydroxyl groups is 1. The molecule has 1 rings (SSSR count). The van der Waals surface area contributed by atoms with Crippen LogP contribution in [0, 0.1) is 0 Å². The van der Waals surface area contributed by atoms with Crippen molar-refractivity contribution in [3.05, 3.63) is 0 Å². The second kappa shape index (κ2) is 9.28. The molecule has 2 N–H and O–H groups in total. The van der Waals surface area contributed by atoms with Gasteiger partial charge in [-0.2, -0.15) is 0 Å². The highest BCUT2D eigenvalue weighted by Crippen LogP contribution is 2.09. The van der Waals surface area contributed by atoms with E-state index in [0.717, 1.165) is 26.1 Å². The number of β-amino-alcohol motifs (C(OH)–C–C–N with tert-alkyl or cyclic N) is 1. The normalized spacial score (nSPS) is 22.7. The van der Waals surface area contributed by atoms with Crippen LogP contribution in [0.4, 0.5) is 0 Å². The molecule has 1 fully saturated rings. The van der Waals surface area contributed by atoms with Crippen molar-refractivity contribution in [3.63, 3.8) is 0 Å². The van der Waals surface area contributed by atoms with E-state index in [-0.39, 0.29) is 12.0 Å². The fourth-order valence-electron chi connectivity index (χ4n) is 2.53. The van der Waals surface area contributed by atoms with E-state index in [1.807, 2.05) is 6.92 Å². The number of hydrogen-bond donors (Lipinski definition) is 2. The van der Waals surface area contributed by atoms with Crippen LogP contribution >= 0.6 is 0 Å². The van der Waals surface area contributed by atoms with E-state index in [9.17, 15) is 9.90 Å². The fourth-order valence-corrected chi connectivity index (χ4v) is 2.53. The number of carbonyl (C=O) groups is 1. The number of hydrogen-bond acceptors (Lipinski definition) is 5. The van der Waals surface area contributed by atoms with Gasteiger partial charge in [-0.1, -0.05) is 0 Å². The second-order valence-electron chi connectivity index (χ2n) is 5.62. The Morgan fingerprint density at radius 1 is 1.50 bits per heavy atom. The molecule has 20 heavy (non-hydrogen) atoms. The third-order valence-electron chi connectivity index (χ3n) is 3.56. The summed E-state index contributed by atoms with van der Waals surface area (Å²) in [6.07, 6.45) is 0.550. The Labute approximate surface area is 122 Å². The molecule has 0 aromatic rings. The lowest BCUT2D eigenvalue weighted by atomic mass is 10.1. The van der Waals surface area contributed by atoms with Crippen molar-refractivity contribution in [2.75, 3.05) is 53.0 Å². The van der Waals surface area contributed by atoms with Gasteiger partial charge in [-0.15, -0.1) is 0 Å². The first-order valence-corrected chi connectivity index (χ1v) is 7.43. The summed E-state index contributed by atoms with van der Waals surface area (Å²) in [6.45, 7) is 9.12. The number of carbonyl (C=O) groups excluding carboxylic acids is 1. The van der Waals surface area contributed by atoms with E-state index < -0.39 is 0 Å².